The Bertz CT molecular complexity index is 1310. The molecular weight excluding hydrogens is 377 g/mol. The first-order chi connectivity index (χ1) is 13.8. The van der Waals surface area contributed by atoms with Gasteiger partial charge in [-0.3, -0.25) is 4.79 Å². The second-order valence-corrected chi connectivity index (χ2v) is 6.74. The Morgan fingerprint density at radius 3 is 2.38 bits per heavy atom. The number of ether oxygens (including phenoxy) is 1. The van der Waals surface area contributed by atoms with E-state index in [-0.39, 0.29) is 16.8 Å². The van der Waals surface area contributed by atoms with Gasteiger partial charge in [-0.1, -0.05) is 24.3 Å². The molecule has 4 rings (SSSR count). The molecule has 0 aliphatic carbocycles. The van der Waals surface area contributed by atoms with Gasteiger partial charge in [0, 0.05) is 25.0 Å². The van der Waals surface area contributed by atoms with Gasteiger partial charge < -0.3 is 13.7 Å². The molecule has 4 aromatic rings. The van der Waals surface area contributed by atoms with Crippen LogP contribution in [-0.4, -0.2) is 27.2 Å². The molecule has 0 amide bonds. The van der Waals surface area contributed by atoms with Gasteiger partial charge in [0.1, 0.15) is 11.3 Å². The van der Waals surface area contributed by atoms with Crippen molar-refractivity contribution in [1.29, 1.82) is 0 Å². The summed E-state index contributed by atoms with van der Waals surface area (Å²) < 4.78 is 28.0. The van der Waals surface area contributed by atoms with Gasteiger partial charge in [0.25, 0.3) is 5.56 Å². The van der Waals surface area contributed by atoms with Crippen molar-refractivity contribution in [1.82, 2.24) is 14.1 Å². The molecule has 0 bridgehead atoms. The van der Waals surface area contributed by atoms with Gasteiger partial charge >= 0.3 is 5.97 Å². The Morgan fingerprint density at radius 1 is 1.14 bits per heavy atom. The van der Waals surface area contributed by atoms with E-state index < -0.39 is 11.8 Å². The molecule has 8 heteroatoms. The Balaban J connectivity index is 1.84. The molecule has 1 aromatic carbocycles. The molecule has 0 fully saturated rings. The fourth-order valence-corrected chi connectivity index (χ4v) is 3.47. The summed E-state index contributed by atoms with van der Waals surface area (Å²) in [7, 11) is 2.77. The summed E-state index contributed by atoms with van der Waals surface area (Å²) in [5.41, 5.74) is 2.35. The number of methoxy groups -OCH3 is 1. The zero-order valence-electron chi connectivity index (χ0n) is 16.3. The van der Waals surface area contributed by atoms with E-state index in [0.29, 0.717) is 33.7 Å². The third-order valence-electron chi connectivity index (χ3n) is 4.80. The van der Waals surface area contributed by atoms with Gasteiger partial charge in [0.2, 0.25) is 0 Å². The molecule has 148 valence electrons. The van der Waals surface area contributed by atoms with Crippen LogP contribution in [0.15, 0.2) is 46.0 Å². The number of aromatic nitrogens is 3. The first-order valence-electron chi connectivity index (χ1n) is 8.85. The smallest absolute Gasteiger partial charge is 0.358 e. The number of carbonyl (C=O) groups excluding carboxylic acids is 1. The molecule has 0 saturated heterocycles. The van der Waals surface area contributed by atoms with Crippen LogP contribution in [-0.2, 0) is 11.8 Å². The topological polar surface area (TPSA) is 78.7 Å². The molecule has 0 spiro atoms. The first kappa shape index (κ1) is 18.7. The van der Waals surface area contributed by atoms with Crippen molar-refractivity contribution in [2.45, 2.75) is 13.8 Å². The van der Waals surface area contributed by atoms with Crippen LogP contribution >= 0.6 is 0 Å². The van der Waals surface area contributed by atoms with Crippen molar-refractivity contribution in [2.24, 2.45) is 7.05 Å². The molecule has 0 radical (unpaired) electrons. The van der Waals surface area contributed by atoms with Crippen molar-refractivity contribution in [3.05, 3.63) is 70.0 Å². The van der Waals surface area contributed by atoms with Crippen LogP contribution in [0.5, 0.6) is 0 Å². The van der Waals surface area contributed by atoms with E-state index in [4.69, 9.17) is 9.26 Å². The van der Waals surface area contributed by atoms with E-state index in [9.17, 15) is 9.59 Å². The maximum atomic E-state index is 15.2. The quantitative estimate of drug-likeness (QED) is 0.496. The standard InChI is InChI=1S/C21H18FN3O4/c1-11-9-25-10-15(17(22)19(25)18(23-11)21(27)28-4)13-5-7-14(8-6-13)16-12(2)29-24(3)20(16)26/h5-10H,1-4H3. The van der Waals surface area contributed by atoms with Crippen molar-refractivity contribution in [2.75, 3.05) is 7.11 Å². The van der Waals surface area contributed by atoms with Crippen LogP contribution < -0.4 is 5.56 Å². The average Bonchev–Trinajstić information content (AvgIpc) is 3.16. The number of aryl methyl sites for hydroxylation is 3. The highest BCUT2D eigenvalue weighted by atomic mass is 19.1. The number of benzene rings is 1. The molecule has 0 aliphatic heterocycles. The normalized spacial score (nSPS) is 11.2. The summed E-state index contributed by atoms with van der Waals surface area (Å²) in [4.78, 5) is 28.4. The van der Waals surface area contributed by atoms with Crippen LogP contribution in [0.25, 0.3) is 27.8 Å². The van der Waals surface area contributed by atoms with Crippen LogP contribution in [0.3, 0.4) is 0 Å². The highest BCUT2D eigenvalue weighted by Crippen LogP contribution is 2.31. The predicted molar refractivity (Wildman–Crippen MR) is 104 cm³/mol. The molecule has 0 atom stereocenters. The summed E-state index contributed by atoms with van der Waals surface area (Å²) in [6.07, 6.45) is 3.24. The van der Waals surface area contributed by atoms with E-state index in [1.807, 2.05) is 0 Å². The van der Waals surface area contributed by atoms with Gasteiger partial charge in [-0.05, 0) is 25.0 Å². The molecule has 7 nitrogen and oxygen atoms in total. The van der Waals surface area contributed by atoms with Crippen LogP contribution in [0.4, 0.5) is 4.39 Å². The fraction of sp³-hybridized carbons (Fsp3) is 0.190. The summed E-state index contributed by atoms with van der Waals surface area (Å²) in [6.45, 7) is 3.43. The molecular formula is C21H18FN3O4. The summed E-state index contributed by atoms with van der Waals surface area (Å²) in [6, 6.07) is 6.91. The number of hydrogen-bond donors (Lipinski definition) is 0. The lowest BCUT2D eigenvalue weighted by molar-refractivity contribution is 0.0595. The van der Waals surface area contributed by atoms with Gasteiger partial charge in [-0.25, -0.2) is 14.2 Å². The number of nitrogens with zero attached hydrogens (tertiary/aromatic N) is 3. The Labute approximate surface area is 164 Å². The number of fused-ring (bicyclic) bond motifs is 1. The molecule has 0 unspecified atom stereocenters. The van der Waals surface area contributed by atoms with Gasteiger partial charge in [-0.15, -0.1) is 0 Å². The van der Waals surface area contributed by atoms with Crippen LogP contribution in [0.1, 0.15) is 21.9 Å². The van der Waals surface area contributed by atoms with Crippen molar-refractivity contribution in [3.63, 3.8) is 0 Å². The zero-order chi connectivity index (χ0) is 20.9. The third kappa shape index (κ3) is 2.93. The van der Waals surface area contributed by atoms with Gasteiger partial charge in [0.05, 0.1) is 18.4 Å². The Morgan fingerprint density at radius 2 is 1.79 bits per heavy atom. The maximum absolute atomic E-state index is 15.2. The molecule has 3 heterocycles. The average molecular weight is 395 g/mol. The lowest BCUT2D eigenvalue weighted by Gasteiger charge is -2.04. The maximum Gasteiger partial charge on any atom is 0.358 e. The van der Waals surface area contributed by atoms with E-state index in [2.05, 4.69) is 4.98 Å². The van der Waals surface area contributed by atoms with E-state index in [1.165, 1.54) is 16.3 Å². The fourth-order valence-electron chi connectivity index (χ4n) is 3.47. The second-order valence-electron chi connectivity index (χ2n) is 6.74. The van der Waals surface area contributed by atoms with Crippen molar-refractivity contribution >= 4 is 11.5 Å². The summed E-state index contributed by atoms with van der Waals surface area (Å²) in [5, 5.41) is 0. The highest BCUT2D eigenvalue weighted by molar-refractivity contribution is 5.96. The number of carbonyl (C=O) groups is 1. The van der Waals surface area contributed by atoms with E-state index in [0.717, 1.165) is 0 Å². The van der Waals surface area contributed by atoms with Crippen molar-refractivity contribution in [3.8, 4) is 22.3 Å². The molecule has 0 N–H and O–H groups in total. The van der Waals surface area contributed by atoms with Gasteiger partial charge in [-0.2, -0.15) is 4.74 Å². The van der Waals surface area contributed by atoms with E-state index in [1.54, 1.807) is 57.6 Å². The third-order valence-corrected chi connectivity index (χ3v) is 4.80. The predicted octanol–water partition coefficient (Wildman–Crippen LogP) is 3.50. The van der Waals surface area contributed by atoms with E-state index >= 15 is 4.39 Å². The summed E-state index contributed by atoms with van der Waals surface area (Å²) in [5.74, 6) is -0.764. The highest BCUT2D eigenvalue weighted by Gasteiger charge is 2.22. The molecule has 29 heavy (non-hydrogen) atoms. The molecule has 0 saturated carbocycles. The molecule has 0 aliphatic rings. The minimum Gasteiger partial charge on any atom is -0.464 e. The van der Waals surface area contributed by atoms with Crippen molar-refractivity contribution < 1.29 is 18.4 Å². The number of halogens is 1. The minimum absolute atomic E-state index is 0.0566. The minimum atomic E-state index is -0.705. The Kier molecular flexibility index (Phi) is 4.34. The van der Waals surface area contributed by atoms with Gasteiger partial charge in [0.15, 0.2) is 11.5 Å². The number of hydrogen-bond acceptors (Lipinski definition) is 5. The Hall–Kier alpha value is -3.68. The van der Waals surface area contributed by atoms with Crippen LogP contribution in [0, 0.1) is 19.7 Å². The SMILES string of the molecule is COC(=O)c1nc(C)cn2cc(-c3ccc(-c4c(C)on(C)c4=O)cc3)c(F)c12. The second kappa shape index (κ2) is 6.73. The number of esters is 1. The summed E-state index contributed by atoms with van der Waals surface area (Å²) >= 11 is 0. The first-order valence-corrected chi connectivity index (χ1v) is 8.85. The van der Waals surface area contributed by atoms with Crippen LogP contribution in [0.2, 0.25) is 0 Å². The molecule has 3 aromatic heterocycles. The lowest BCUT2D eigenvalue weighted by Crippen LogP contribution is -2.11. The number of rotatable bonds is 3. The lowest BCUT2D eigenvalue weighted by atomic mass is 10.0. The monoisotopic (exact) mass is 395 g/mol. The zero-order valence-corrected chi connectivity index (χ0v) is 16.3. The largest absolute Gasteiger partial charge is 0.464 e.